The Balaban J connectivity index is 0.000000322. The third-order valence-corrected chi connectivity index (χ3v) is 13.7. The number of nitrogens with one attached hydrogen (secondary N) is 3. The van der Waals surface area contributed by atoms with E-state index in [1.54, 1.807) is 62.3 Å². The fourth-order valence-electron chi connectivity index (χ4n) is 8.94. The van der Waals surface area contributed by atoms with E-state index in [4.69, 9.17) is 64.5 Å². The van der Waals surface area contributed by atoms with Gasteiger partial charge in [0.05, 0.1) is 19.2 Å². The Labute approximate surface area is 551 Å². The van der Waals surface area contributed by atoms with Gasteiger partial charge >= 0.3 is 12.2 Å². The van der Waals surface area contributed by atoms with E-state index < -0.39 is 23.3 Å². The molecule has 0 saturated carbocycles. The van der Waals surface area contributed by atoms with Gasteiger partial charge in [-0.2, -0.15) is 29.9 Å². The van der Waals surface area contributed by atoms with Crippen molar-refractivity contribution >= 4 is 99.4 Å². The van der Waals surface area contributed by atoms with Crippen LogP contribution in [0.5, 0.6) is 0 Å². The summed E-state index contributed by atoms with van der Waals surface area (Å²) < 4.78 is 16.7. The molecule has 0 bridgehead atoms. The lowest BCUT2D eigenvalue weighted by Gasteiger charge is -2.35. The van der Waals surface area contributed by atoms with E-state index in [2.05, 4.69) is 71.4 Å². The number of rotatable bonds is 16. The van der Waals surface area contributed by atoms with Crippen LogP contribution in [0.1, 0.15) is 80.0 Å². The molecule has 24 nitrogen and oxygen atoms in total. The zero-order valence-corrected chi connectivity index (χ0v) is 55.1. The standard InChI is InChI=1S/C31H38ClN9O3.C19H24Cl2N6O2.C12H15N3O.2CH4/c1-31(2,3)44-30(43)41-16-14-40(15-17-41)20-22-8-7-9-24(18-22)34-28-36-27(32)37-29(38-28)35-25(26(42)39(5)6)19-21-10-12-23(33-4)13-11-21;1-19(2,3)29-18(28)27-9-7-26(8-10-27)12-13-5-4-6-14(11-13)22-17-24-15(20)23-16(21)25-17;1-14-10-6-4-9(5-7-10)8-11(13)12(16)15(2)3;;/h7-13,18,25H,14-17,19-20H2,1-3,5-6H3,(H2,34,35,36,37,38);4-6,11H,7-10,12H2,1-3H3,(H,22,23,24,25);4-7,11H,8,13H2,2-3H3;2*1H4/t25-;;11-;;/m0.0../s1/i;;;1T;. The molecule has 2 aromatic heterocycles. The number of aromatic nitrogens is 6. The number of carbonyl (C=O) groups excluding carboxylic acids is 4. The molecule has 2 fully saturated rings. The van der Waals surface area contributed by atoms with Crippen molar-refractivity contribution in [3.8, 4) is 0 Å². The van der Waals surface area contributed by atoms with Crippen LogP contribution < -0.4 is 21.7 Å². The van der Waals surface area contributed by atoms with Crippen LogP contribution in [0, 0.1) is 13.1 Å². The van der Waals surface area contributed by atoms with Crippen molar-refractivity contribution in [2.24, 2.45) is 5.73 Å². The van der Waals surface area contributed by atoms with Gasteiger partial charge in [0.15, 0.2) is 11.4 Å². The lowest BCUT2D eigenvalue weighted by molar-refractivity contribution is -0.130. The average Bonchev–Trinajstić information content (AvgIpc) is 1.08. The summed E-state index contributed by atoms with van der Waals surface area (Å²) >= 11 is 17.9. The van der Waals surface area contributed by atoms with Crippen LogP contribution in [0.3, 0.4) is 0 Å². The predicted molar refractivity (Wildman–Crippen MR) is 359 cm³/mol. The number of halogens is 3. The molecule has 2 aliphatic heterocycles. The van der Waals surface area contributed by atoms with E-state index in [9.17, 15) is 19.2 Å². The summed E-state index contributed by atoms with van der Waals surface area (Å²) in [6, 6.07) is 28.9. The van der Waals surface area contributed by atoms with E-state index >= 15 is 0 Å². The molecule has 5 N–H and O–H groups in total. The first-order valence-corrected chi connectivity index (χ1v) is 29.7. The minimum atomic E-state index is -0.672. The van der Waals surface area contributed by atoms with Crippen molar-refractivity contribution in [2.45, 2.75) is 106 Å². The zero-order valence-electron chi connectivity index (χ0n) is 53.8. The Morgan fingerprint density at radius 2 is 0.934 bits per heavy atom. The number of likely N-dealkylation sites (N-methyl/N-ethyl adjacent to an activating group) is 2. The Hall–Kier alpha value is -8.49. The van der Waals surface area contributed by atoms with Crippen molar-refractivity contribution in [2.75, 3.05) is 96.5 Å². The number of hydrogen-bond acceptors (Lipinski definition) is 18. The number of benzene rings is 4. The highest BCUT2D eigenvalue weighted by Crippen LogP contribution is 2.24. The monoisotopic (exact) mass is 1310 g/mol. The van der Waals surface area contributed by atoms with Gasteiger partial charge in [-0.3, -0.25) is 19.4 Å². The van der Waals surface area contributed by atoms with Crippen molar-refractivity contribution in [1.82, 2.24) is 59.3 Å². The second-order valence-corrected chi connectivity index (χ2v) is 24.3. The molecular weight excluding hydrogens is 1220 g/mol. The number of anilines is 5. The van der Waals surface area contributed by atoms with Gasteiger partial charge in [-0.05, 0) is 129 Å². The first-order chi connectivity index (χ1) is 43.1. The fraction of sp³-hybridized carbons (Fsp3) is 0.438. The quantitative estimate of drug-likeness (QED) is 0.0657. The molecule has 4 heterocycles. The van der Waals surface area contributed by atoms with Gasteiger partial charge in [-0.1, -0.05) is 87.6 Å². The summed E-state index contributed by atoms with van der Waals surface area (Å²) in [5.74, 6) is 0.426. The van der Waals surface area contributed by atoms with E-state index in [1.807, 2.05) is 108 Å². The smallest absolute Gasteiger partial charge is 0.410 e. The Kier molecular flexibility index (Phi) is 28.3. The van der Waals surface area contributed by atoms with Crippen LogP contribution in [0.2, 0.25) is 15.9 Å². The van der Waals surface area contributed by atoms with Gasteiger partial charge < -0.3 is 50.8 Å². The average molecular weight is 1310 g/mol. The second kappa shape index (κ2) is 35.2. The number of ether oxygens (including phenoxy) is 2. The van der Waals surface area contributed by atoms with E-state index in [0.717, 1.165) is 66.4 Å². The Morgan fingerprint density at radius 1 is 0.560 bits per heavy atom. The first-order valence-electron chi connectivity index (χ1n) is 29.6. The third-order valence-electron chi connectivity index (χ3n) is 13.2. The van der Waals surface area contributed by atoms with E-state index in [1.165, 1.54) is 17.2 Å². The summed E-state index contributed by atoms with van der Waals surface area (Å²) in [4.78, 5) is 91.6. The molecule has 0 radical (unpaired) electrons. The van der Waals surface area contributed by atoms with Gasteiger partial charge in [0.1, 0.15) is 17.2 Å². The molecule has 27 heteroatoms. The first kappa shape index (κ1) is 73.2. The van der Waals surface area contributed by atoms with Crippen LogP contribution in [0.4, 0.5) is 50.2 Å². The third kappa shape index (κ3) is 25.7. The number of amides is 4. The maximum absolute atomic E-state index is 13.0. The van der Waals surface area contributed by atoms with Crippen molar-refractivity contribution < 1.29 is 30.0 Å². The van der Waals surface area contributed by atoms with Crippen LogP contribution in [-0.4, -0.2) is 187 Å². The molecule has 91 heavy (non-hydrogen) atoms. The number of hydrogen-bond donors (Lipinski definition) is 4. The van der Waals surface area contributed by atoms with Crippen LogP contribution in [0.25, 0.3) is 9.69 Å². The zero-order chi connectivity index (χ0) is 67.0. The maximum Gasteiger partial charge on any atom is 0.410 e. The van der Waals surface area contributed by atoms with Crippen molar-refractivity contribution in [1.29, 1.82) is 0 Å². The molecule has 488 valence electrons. The Morgan fingerprint density at radius 3 is 1.32 bits per heavy atom. The summed E-state index contributed by atoms with van der Waals surface area (Å²) in [7, 11) is 7.98. The SMILES string of the molecule is C.CC(C)(C)OC(=O)N1CCN(Cc2cccc(Nc3nc(Cl)nc(Cl)n3)c2)CC1.[3H]C.[C-]#[N+]c1ccc(C[C@H](N)C(=O)N(C)C)cc1.[C-]#[N+]c1ccc(C[C@H](Nc2nc(Cl)nc(Nc3cccc(CN4CCN(C(=O)OC(C)(C)C)CC4)c3)n2)C(=O)N(C)C)cc1. The second-order valence-electron chi connectivity index (χ2n) is 23.3. The minimum Gasteiger partial charge on any atom is -0.444 e. The van der Waals surface area contributed by atoms with Crippen molar-refractivity contribution in [3.05, 3.63) is 158 Å². The summed E-state index contributed by atoms with van der Waals surface area (Å²) in [6.07, 6.45) is 0.323. The van der Waals surface area contributed by atoms with Gasteiger partial charge in [-0.15, -0.1) is 0 Å². The molecule has 6 aromatic rings. The molecule has 8 rings (SSSR count). The fourth-order valence-corrected chi connectivity index (χ4v) is 9.46. The van der Waals surface area contributed by atoms with Gasteiger partial charge in [0, 0.05) is 113 Å². The highest BCUT2D eigenvalue weighted by molar-refractivity contribution is 6.31. The molecule has 2 aliphatic rings. The van der Waals surface area contributed by atoms with E-state index in [-0.39, 0.29) is 65.1 Å². The number of piperazine rings is 2. The molecule has 0 unspecified atom stereocenters. The van der Waals surface area contributed by atoms with Gasteiger partial charge in [0.2, 0.25) is 45.5 Å². The topological polar surface area (TPSA) is 254 Å². The largest absolute Gasteiger partial charge is 0.444 e. The van der Waals surface area contributed by atoms with Crippen LogP contribution >= 0.6 is 34.8 Å². The molecule has 4 amide bonds. The highest BCUT2D eigenvalue weighted by Gasteiger charge is 2.28. The van der Waals surface area contributed by atoms with E-state index in [0.29, 0.717) is 56.9 Å². The molecule has 0 spiro atoms. The number of carbonyl (C=O) groups is 4. The lowest BCUT2D eigenvalue weighted by atomic mass is 10.0. The molecule has 4 aromatic carbocycles. The normalized spacial score (nSPS) is 13.9. The summed E-state index contributed by atoms with van der Waals surface area (Å²) in [6.45, 7) is 32.3. The summed E-state index contributed by atoms with van der Waals surface area (Å²) in [5.41, 5.74) is 11.6. The minimum absolute atomic E-state index is 0. The molecule has 2 atom stereocenters. The Bertz CT molecular complexity index is 3420. The number of nitrogens with two attached hydrogens (primary N) is 1. The van der Waals surface area contributed by atoms with Crippen LogP contribution in [0.15, 0.2) is 97.1 Å². The highest BCUT2D eigenvalue weighted by atomic mass is 35.5. The molecular formula is C64H85Cl3N18O6. The number of nitrogens with zero attached hydrogens (tertiary/aromatic N) is 14. The molecule has 2 saturated heterocycles. The molecule has 0 aliphatic carbocycles. The van der Waals surface area contributed by atoms with Crippen molar-refractivity contribution in [3.63, 3.8) is 0 Å². The van der Waals surface area contributed by atoms with Gasteiger partial charge in [-0.25, -0.2) is 19.3 Å². The van der Waals surface area contributed by atoms with Crippen LogP contribution in [-0.2, 0) is 45.0 Å². The maximum atomic E-state index is 13.0. The van der Waals surface area contributed by atoms with Gasteiger partial charge in [0.25, 0.3) is 0 Å². The lowest BCUT2D eigenvalue weighted by Crippen LogP contribution is -2.49. The predicted octanol–water partition coefficient (Wildman–Crippen LogP) is 11.4. The summed E-state index contributed by atoms with van der Waals surface area (Å²) in [5, 5.41) is 9.44.